The minimum Gasteiger partial charge on any atom is -0.446 e. The summed E-state index contributed by atoms with van der Waals surface area (Å²) < 4.78 is 19.5. The van der Waals surface area contributed by atoms with Gasteiger partial charge in [-0.25, -0.2) is 18.7 Å². The number of hydrogen-bond acceptors (Lipinski definition) is 3. The van der Waals surface area contributed by atoms with Crippen LogP contribution in [0.15, 0.2) is 18.2 Å². The summed E-state index contributed by atoms with van der Waals surface area (Å²) in [4.78, 5) is 15.5. The fraction of sp³-hybridized carbons (Fsp3) is 0.273. The summed E-state index contributed by atoms with van der Waals surface area (Å²) in [6, 6.07) is 4.29. The predicted molar refractivity (Wildman–Crippen MR) is 61.7 cm³/mol. The van der Waals surface area contributed by atoms with Crippen LogP contribution in [-0.2, 0) is 4.74 Å². The third-order valence-electron chi connectivity index (χ3n) is 2.11. The van der Waals surface area contributed by atoms with Crippen molar-refractivity contribution in [2.75, 3.05) is 0 Å². The number of nitrogens with zero attached hydrogens (tertiary/aromatic N) is 2. The molecule has 1 aromatic heterocycles. The highest BCUT2D eigenvalue weighted by Gasteiger charge is 2.19. The second-order valence-corrected chi connectivity index (χ2v) is 4.09. The molecule has 0 aliphatic heterocycles. The number of para-hydroxylation sites is 1. The Morgan fingerprint density at radius 1 is 1.53 bits per heavy atom. The Morgan fingerprint density at radius 2 is 2.24 bits per heavy atom. The Morgan fingerprint density at radius 3 is 2.88 bits per heavy atom. The van der Waals surface area contributed by atoms with Crippen LogP contribution in [0.1, 0.15) is 13.8 Å². The van der Waals surface area contributed by atoms with Gasteiger partial charge in [0.25, 0.3) is 0 Å². The van der Waals surface area contributed by atoms with Crippen LogP contribution < -0.4 is 0 Å². The average molecular weight is 257 g/mol. The molecular weight excluding hydrogens is 247 g/mol. The van der Waals surface area contributed by atoms with E-state index in [-0.39, 0.29) is 16.9 Å². The van der Waals surface area contributed by atoms with Crippen LogP contribution in [0.25, 0.3) is 11.0 Å². The van der Waals surface area contributed by atoms with Crippen LogP contribution in [-0.4, -0.2) is 21.7 Å². The summed E-state index contributed by atoms with van der Waals surface area (Å²) in [7, 11) is 0. The maximum atomic E-state index is 13.4. The predicted octanol–water partition coefficient (Wildman–Crippen LogP) is 3.22. The number of rotatable bonds is 1. The van der Waals surface area contributed by atoms with Gasteiger partial charge < -0.3 is 4.74 Å². The van der Waals surface area contributed by atoms with Gasteiger partial charge in [0.1, 0.15) is 5.52 Å². The van der Waals surface area contributed by atoms with Gasteiger partial charge in [-0.1, -0.05) is 6.07 Å². The van der Waals surface area contributed by atoms with Gasteiger partial charge in [0, 0.05) is 0 Å². The molecule has 2 aromatic rings. The first-order chi connectivity index (χ1) is 8.00. The molecule has 0 atom stereocenters. The van der Waals surface area contributed by atoms with E-state index >= 15 is 0 Å². The Bertz CT molecular complexity index is 580. The van der Waals surface area contributed by atoms with E-state index in [1.165, 1.54) is 12.1 Å². The van der Waals surface area contributed by atoms with Crippen LogP contribution >= 0.6 is 11.6 Å². The molecule has 17 heavy (non-hydrogen) atoms. The zero-order chi connectivity index (χ0) is 12.6. The van der Waals surface area contributed by atoms with Gasteiger partial charge in [-0.15, -0.1) is 0 Å². The highest BCUT2D eigenvalue weighted by atomic mass is 35.5. The Kier molecular flexibility index (Phi) is 3.02. The molecule has 0 spiro atoms. The topological polar surface area (TPSA) is 44.1 Å². The zero-order valence-corrected chi connectivity index (χ0v) is 10.0. The third kappa shape index (κ3) is 2.10. The van der Waals surface area contributed by atoms with Crippen LogP contribution in [0, 0.1) is 5.82 Å². The summed E-state index contributed by atoms with van der Waals surface area (Å²) >= 11 is 5.80. The number of halogens is 2. The van der Waals surface area contributed by atoms with E-state index in [1.807, 2.05) is 0 Å². The Hall–Kier alpha value is -1.62. The standard InChI is InChI=1S/C11H10ClFN2O2/c1-6(2)17-11(16)15-8-5-3-4-7(13)9(8)14-10(15)12/h3-6H,1-2H3. The quantitative estimate of drug-likeness (QED) is 0.787. The van der Waals surface area contributed by atoms with Crippen molar-refractivity contribution in [1.29, 1.82) is 0 Å². The van der Waals surface area contributed by atoms with Crippen molar-refractivity contribution in [3.05, 3.63) is 29.3 Å². The van der Waals surface area contributed by atoms with Gasteiger partial charge in [-0.2, -0.15) is 0 Å². The van der Waals surface area contributed by atoms with E-state index in [0.29, 0.717) is 5.52 Å². The minimum absolute atomic E-state index is 0.0539. The number of aromatic nitrogens is 2. The Balaban J connectivity index is 2.57. The van der Waals surface area contributed by atoms with Crippen molar-refractivity contribution in [3.8, 4) is 0 Å². The molecule has 0 unspecified atom stereocenters. The zero-order valence-electron chi connectivity index (χ0n) is 9.28. The van der Waals surface area contributed by atoms with Crippen molar-refractivity contribution < 1.29 is 13.9 Å². The highest BCUT2D eigenvalue weighted by molar-refractivity contribution is 6.30. The normalized spacial score (nSPS) is 11.1. The van der Waals surface area contributed by atoms with Gasteiger partial charge in [0.05, 0.1) is 11.6 Å². The maximum Gasteiger partial charge on any atom is 0.421 e. The Labute approximate surface area is 102 Å². The molecule has 0 aliphatic rings. The number of carbonyl (C=O) groups is 1. The van der Waals surface area contributed by atoms with E-state index in [0.717, 1.165) is 4.57 Å². The minimum atomic E-state index is -0.668. The van der Waals surface area contributed by atoms with Gasteiger partial charge in [0.15, 0.2) is 5.82 Å². The smallest absolute Gasteiger partial charge is 0.421 e. The number of imidazole rings is 1. The molecule has 0 saturated carbocycles. The van der Waals surface area contributed by atoms with Gasteiger partial charge >= 0.3 is 6.09 Å². The molecule has 0 amide bonds. The lowest BCUT2D eigenvalue weighted by atomic mass is 10.3. The van der Waals surface area contributed by atoms with E-state index in [2.05, 4.69) is 4.98 Å². The molecule has 4 nitrogen and oxygen atoms in total. The first kappa shape index (κ1) is 11.9. The SMILES string of the molecule is CC(C)OC(=O)n1c(Cl)nc2c(F)cccc21. The first-order valence-corrected chi connectivity index (χ1v) is 5.42. The molecule has 0 radical (unpaired) electrons. The summed E-state index contributed by atoms with van der Waals surface area (Å²) in [5.41, 5.74) is 0.346. The van der Waals surface area contributed by atoms with Crippen molar-refractivity contribution in [2.45, 2.75) is 20.0 Å². The second kappa shape index (κ2) is 4.33. The molecule has 90 valence electrons. The van der Waals surface area contributed by atoms with Crippen LogP contribution in [0.4, 0.5) is 9.18 Å². The van der Waals surface area contributed by atoms with E-state index in [4.69, 9.17) is 16.3 Å². The average Bonchev–Trinajstić information content (AvgIpc) is 2.55. The molecule has 6 heteroatoms. The van der Waals surface area contributed by atoms with Crippen molar-refractivity contribution in [3.63, 3.8) is 0 Å². The molecule has 1 aromatic carbocycles. The molecule has 0 N–H and O–H groups in total. The highest BCUT2D eigenvalue weighted by Crippen LogP contribution is 2.22. The van der Waals surface area contributed by atoms with Crippen LogP contribution in [0.2, 0.25) is 5.28 Å². The number of fused-ring (bicyclic) bond motifs is 1. The van der Waals surface area contributed by atoms with Crippen molar-refractivity contribution >= 4 is 28.7 Å². The summed E-state index contributed by atoms with van der Waals surface area (Å²) in [6.45, 7) is 3.43. The molecule has 2 rings (SSSR count). The van der Waals surface area contributed by atoms with E-state index < -0.39 is 11.9 Å². The summed E-state index contributed by atoms with van der Waals surface area (Å²) in [5, 5.41) is -0.115. The summed E-state index contributed by atoms with van der Waals surface area (Å²) in [5.74, 6) is -0.527. The number of benzene rings is 1. The number of hydrogen-bond donors (Lipinski definition) is 0. The first-order valence-electron chi connectivity index (χ1n) is 5.04. The lowest BCUT2D eigenvalue weighted by Gasteiger charge is -2.09. The third-order valence-corrected chi connectivity index (χ3v) is 2.37. The van der Waals surface area contributed by atoms with Crippen LogP contribution in [0.3, 0.4) is 0 Å². The molecule has 0 aliphatic carbocycles. The molecule has 0 fully saturated rings. The fourth-order valence-electron chi connectivity index (χ4n) is 1.46. The molecule has 1 heterocycles. The van der Waals surface area contributed by atoms with Crippen molar-refractivity contribution in [1.82, 2.24) is 9.55 Å². The van der Waals surface area contributed by atoms with Gasteiger partial charge in [-0.05, 0) is 37.6 Å². The lowest BCUT2D eigenvalue weighted by Crippen LogP contribution is -2.18. The van der Waals surface area contributed by atoms with Gasteiger partial charge in [-0.3, -0.25) is 0 Å². The monoisotopic (exact) mass is 256 g/mol. The number of ether oxygens (including phenoxy) is 1. The van der Waals surface area contributed by atoms with E-state index in [1.54, 1.807) is 19.9 Å². The molecule has 0 bridgehead atoms. The van der Waals surface area contributed by atoms with E-state index in [9.17, 15) is 9.18 Å². The molecule has 0 saturated heterocycles. The largest absolute Gasteiger partial charge is 0.446 e. The van der Waals surface area contributed by atoms with Crippen molar-refractivity contribution in [2.24, 2.45) is 0 Å². The summed E-state index contributed by atoms with van der Waals surface area (Å²) in [6.07, 6.45) is -0.956. The number of carbonyl (C=O) groups excluding carboxylic acids is 1. The fourth-order valence-corrected chi connectivity index (χ4v) is 1.71. The lowest BCUT2D eigenvalue weighted by molar-refractivity contribution is 0.118. The maximum absolute atomic E-state index is 13.4. The van der Waals surface area contributed by atoms with Crippen LogP contribution in [0.5, 0.6) is 0 Å². The second-order valence-electron chi connectivity index (χ2n) is 3.76. The van der Waals surface area contributed by atoms with Gasteiger partial charge in [0.2, 0.25) is 5.28 Å². The molecular formula is C11H10ClFN2O2.